The molecule has 0 amide bonds. The van der Waals surface area contributed by atoms with Gasteiger partial charge in [0.2, 0.25) is 0 Å². The van der Waals surface area contributed by atoms with E-state index in [2.05, 4.69) is 19.8 Å². The Balaban J connectivity index is 1.34. The molecule has 4 heterocycles. The van der Waals surface area contributed by atoms with Gasteiger partial charge in [0.15, 0.2) is 0 Å². The van der Waals surface area contributed by atoms with Gasteiger partial charge in [-0.1, -0.05) is 0 Å². The van der Waals surface area contributed by atoms with E-state index in [4.69, 9.17) is 9.97 Å². The summed E-state index contributed by atoms with van der Waals surface area (Å²) < 4.78 is 0. The van der Waals surface area contributed by atoms with Crippen LogP contribution < -0.4 is 9.80 Å². The first-order chi connectivity index (χ1) is 14.3. The van der Waals surface area contributed by atoms with Crippen LogP contribution in [0.5, 0.6) is 0 Å². The monoisotopic (exact) mass is 406 g/mol. The zero-order chi connectivity index (χ0) is 19.4. The van der Waals surface area contributed by atoms with E-state index in [0.717, 1.165) is 43.6 Å². The maximum atomic E-state index is 5.16. The van der Waals surface area contributed by atoms with Crippen LogP contribution in [0.2, 0.25) is 0 Å². The molecule has 3 aromatic heterocycles. The third-order valence-corrected chi connectivity index (χ3v) is 7.61. The molecule has 3 aromatic rings. The van der Waals surface area contributed by atoms with Crippen molar-refractivity contribution in [3.05, 3.63) is 34.4 Å². The SMILES string of the molecule is Cc1nccc(N2CCN(c3nc(C4CC4)nc4sc5c(c34)CCCC5)CC2)n1. The molecule has 2 fully saturated rings. The van der Waals surface area contributed by atoms with Gasteiger partial charge in [-0.2, -0.15) is 0 Å². The van der Waals surface area contributed by atoms with Crippen LogP contribution in [-0.4, -0.2) is 46.1 Å². The van der Waals surface area contributed by atoms with E-state index in [-0.39, 0.29) is 0 Å². The maximum Gasteiger partial charge on any atom is 0.141 e. The molecule has 0 radical (unpaired) electrons. The first-order valence-electron chi connectivity index (χ1n) is 10.9. The van der Waals surface area contributed by atoms with Crippen LogP contribution in [0.3, 0.4) is 0 Å². The smallest absolute Gasteiger partial charge is 0.141 e. The number of thiophene rings is 1. The minimum atomic E-state index is 0.586. The lowest BCUT2D eigenvalue weighted by molar-refractivity contribution is 0.639. The van der Waals surface area contributed by atoms with Crippen LogP contribution >= 0.6 is 11.3 Å². The first kappa shape index (κ1) is 17.6. The van der Waals surface area contributed by atoms with Crippen molar-refractivity contribution < 1.29 is 0 Å². The molecule has 3 aliphatic rings. The number of rotatable bonds is 3. The average molecular weight is 407 g/mol. The lowest BCUT2D eigenvalue weighted by Gasteiger charge is -2.36. The van der Waals surface area contributed by atoms with Gasteiger partial charge < -0.3 is 9.80 Å². The highest BCUT2D eigenvalue weighted by atomic mass is 32.1. The number of anilines is 2. The van der Waals surface area contributed by atoms with Crippen LogP contribution in [0.25, 0.3) is 10.2 Å². The summed E-state index contributed by atoms with van der Waals surface area (Å²) in [5.41, 5.74) is 1.54. The van der Waals surface area contributed by atoms with E-state index in [1.54, 1.807) is 10.4 Å². The Kier molecular flexibility index (Phi) is 4.18. The Morgan fingerprint density at radius 1 is 0.966 bits per heavy atom. The quantitative estimate of drug-likeness (QED) is 0.658. The summed E-state index contributed by atoms with van der Waals surface area (Å²) in [6.07, 6.45) is 9.37. The minimum Gasteiger partial charge on any atom is -0.353 e. The molecule has 1 aliphatic heterocycles. The number of nitrogens with zero attached hydrogens (tertiary/aromatic N) is 6. The fourth-order valence-corrected chi connectivity index (χ4v) is 5.94. The van der Waals surface area contributed by atoms with Gasteiger partial charge >= 0.3 is 0 Å². The van der Waals surface area contributed by atoms with Crippen LogP contribution in [0, 0.1) is 6.92 Å². The van der Waals surface area contributed by atoms with Crippen molar-refractivity contribution in [1.29, 1.82) is 0 Å². The molecule has 6 nitrogen and oxygen atoms in total. The lowest BCUT2D eigenvalue weighted by atomic mass is 9.97. The molecule has 0 aromatic carbocycles. The summed E-state index contributed by atoms with van der Waals surface area (Å²) in [5.74, 6) is 4.75. The largest absolute Gasteiger partial charge is 0.353 e. The average Bonchev–Trinajstić information content (AvgIpc) is 3.54. The minimum absolute atomic E-state index is 0.586. The van der Waals surface area contributed by atoms with Crippen molar-refractivity contribution in [2.75, 3.05) is 36.0 Å². The summed E-state index contributed by atoms with van der Waals surface area (Å²) in [6, 6.07) is 2.02. The van der Waals surface area contributed by atoms with Crippen molar-refractivity contribution in [3.8, 4) is 0 Å². The highest BCUT2D eigenvalue weighted by molar-refractivity contribution is 7.19. The van der Waals surface area contributed by atoms with Gasteiger partial charge in [-0.25, -0.2) is 19.9 Å². The number of aryl methyl sites for hydroxylation is 3. The van der Waals surface area contributed by atoms with Crippen LogP contribution in [0.4, 0.5) is 11.6 Å². The second-order valence-corrected chi connectivity index (χ2v) is 9.59. The third-order valence-electron chi connectivity index (χ3n) is 6.42. The number of fused-ring (bicyclic) bond motifs is 3. The Labute approximate surface area is 175 Å². The topological polar surface area (TPSA) is 58.0 Å². The molecule has 0 N–H and O–H groups in total. The normalized spacial score (nSPS) is 19.6. The van der Waals surface area contributed by atoms with Crippen LogP contribution in [0.15, 0.2) is 12.3 Å². The third kappa shape index (κ3) is 3.16. The molecule has 6 rings (SSSR count). The second kappa shape index (κ2) is 6.90. The highest BCUT2D eigenvalue weighted by Crippen LogP contribution is 2.44. The number of hydrogen-bond donors (Lipinski definition) is 0. The van der Waals surface area contributed by atoms with Gasteiger partial charge in [0.25, 0.3) is 0 Å². The first-order valence-corrected chi connectivity index (χ1v) is 11.7. The van der Waals surface area contributed by atoms with Crippen molar-refractivity contribution >= 4 is 33.2 Å². The van der Waals surface area contributed by atoms with Crippen molar-refractivity contribution in [2.45, 2.75) is 51.4 Å². The van der Waals surface area contributed by atoms with Gasteiger partial charge in [0.05, 0.1) is 5.39 Å². The standard InChI is InChI=1S/C22H26N6S/c1-14-23-9-8-18(24-14)27-10-12-28(13-11-27)21-19-16-4-2-3-5-17(16)29-22(19)26-20(25-21)15-6-7-15/h8-9,15H,2-7,10-13H2,1H3. The molecular formula is C22H26N6S. The van der Waals surface area contributed by atoms with Gasteiger partial charge in [0.1, 0.15) is 28.1 Å². The van der Waals surface area contributed by atoms with E-state index in [9.17, 15) is 0 Å². The van der Waals surface area contributed by atoms with E-state index < -0.39 is 0 Å². The molecule has 150 valence electrons. The number of aromatic nitrogens is 4. The second-order valence-electron chi connectivity index (χ2n) is 8.51. The van der Waals surface area contributed by atoms with Gasteiger partial charge in [-0.3, -0.25) is 0 Å². The molecule has 0 bridgehead atoms. The molecule has 0 unspecified atom stereocenters. The summed E-state index contributed by atoms with van der Waals surface area (Å²) in [5, 5.41) is 1.36. The van der Waals surface area contributed by atoms with Crippen molar-refractivity contribution in [2.24, 2.45) is 0 Å². The summed E-state index contributed by atoms with van der Waals surface area (Å²) in [4.78, 5) is 26.7. The fraction of sp³-hybridized carbons (Fsp3) is 0.545. The number of hydrogen-bond acceptors (Lipinski definition) is 7. The molecule has 29 heavy (non-hydrogen) atoms. The van der Waals surface area contributed by atoms with Crippen molar-refractivity contribution in [1.82, 2.24) is 19.9 Å². The van der Waals surface area contributed by atoms with Gasteiger partial charge in [-0.15, -0.1) is 11.3 Å². The molecule has 7 heteroatoms. The van der Waals surface area contributed by atoms with E-state index in [1.165, 1.54) is 54.6 Å². The maximum absolute atomic E-state index is 5.16. The summed E-state index contributed by atoms with van der Waals surface area (Å²) in [7, 11) is 0. The number of piperazine rings is 1. The van der Waals surface area contributed by atoms with Crippen LogP contribution in [-0.2, 0) is 12.8 Å². The molecule has 2 aliphatic carbocycles. The molecular weight excluding hydrogens is 380 g/mol. The summed E-state index contributed by atoms with van der Waals surface area (Å²) >= 11 is 1.93. The summed E-state index contributed by atoms with van der Waals surface area (Å²) in [6.45, 7) is 5.84. The Morgan fingerprint density at radius 3 is 2.55 bits per heavy atom. The Morgan fingerprint density at radius 2 is 1.76 bits per heavy atom. The highest BCUT2D eigenvalue weighted by Gasteiger charge is 2.31. The van der Waals surface area contributed by atoms with Crippen molar-refractivity contribution in [3.63, 3.8) is 0 Å². The van der Waals surface area contributed by atoms with Crippen LogP contribution in [0.1, 0.15) is 53.7 Å². The molecule has 1 saturated heterocycles. The predicted molar refractivity (Wildman–Crippen MR) is 117 cm³/mol. The van der Waals surface area contributed by atoms with E-state index in [1.807, 2.05) is 30.5 Å². The van der Waals surface area contributed by atoms with E-state index in [0.29, 0.717) is 5.92 Å². The Hall–Kier alpha value is -2.28. The lowest BCUT2D eigenvalue weighted by Crippen LogP contribution is -2.47. The molecule has 1 saturated carbocycles. The zero-order valence-electron chi connectivity index (χ0n) is 16.9. The predicted octanol–water partition coefficient (Wildman–Crippen LogP) is 3.87. The molecule has 0 atom stereocenters. The van der Waals surface area contributed by atoms with Gasteiger partial charge in [0, 0.05) is 43.2 Å². The zero-order valence-corrected chi connectivity index (χ0v) is 17.7. The Bertz CT molecular complexity index is 1060. The van der Waals surface area contributed by atoms with Gasteiger partial charge in [-0.05, 0) is 57.1 Å². The fourth-order valence-electron chi connectivity index (χ4n) is 4.67. The van der Waals surface area contributed by atoms with E-state index >= 15 is 0 Å². The molecule has 0 spiro atoms.